The minimum Gasteiger partial charge on any atom is -0.367 e. The fourth-order valence-corrected chi connectivity index (χ4v) is 0.610. The normalized spacial score (nSPS) is 15.1. The molecule has 0 fully saturated rings. The molecule has 0 aliphatic heterocycles. The summed E-state index contributed by atoms with van der Waals surface area (Å²) in [5.74, 6) is 0.960. The summed E-state index contributed by atoms with van der Waals surface area (Å²) in [6, 6.07) is 0. The molecule has 60 valence electrons. The third kappa shape index (κ3) is 3.74. The molecule has 0 aromatic heterocycles. The first kappa shape index (κ1) is 9.78. The summed E-state index contributed by atoms with van der Waals surface area (Å²) < 4.78 is 0. The van der Waals surface area contributed by atoms with Crippen LogP contribution in [0.3, 0.4) is 0 Å². The van der Waals surface area contributed by atoms with Crippen LogP contribution in [0, 0.1) is 0 Å². The number of nitrogens with zero attached hydrogens (tertiary/aromatic N) is 2. The summed E-state index contributed by atoms with van der Waals surface area (Å²) >= 11 is 1.53. The Kier molecular flexibility index (Phi) is 4.47. The molecule has 0 aromatic carbocycles. The van der Waals surface area contributed by atoms with Crippen LogP contribution >= 0.6 is 11.8 Å². The van der Waals surface area contributed by atoms with Crippen molar-refractivity contribution in [1.82, 2.24) is 4.90 Å². The number of hydrogen-bond acceptors (Lipinski definition) is 3. The smallest absolute Gasteiger partial charge is 0.146 e. The lowest BCUT2D eigenvalue weighted by Gasteiger charge is -2.12. The molecule has 0 spiro atoms. The van der Waals surface area contributed by atoms with Gasteiger partial charge < -0.3 is 10.6 Å². The molecule has 3 nitrogen and oxygen atoms in total. The summed E-state index contributed by atoms with van der Waals surface area (Å²) in [6.07, 6.45) is 1.94. The van der Waals surface area contributed by atoms with Crippen LogP contribution in [-0.2, 0) is 0 Å². The molecule has 10 heavy (non-hydrogen) atoms. The Labute approximate surface area is 66.7 Å². The van der Waals surface area contributed by atoms with Gasteiger partial charge in [0.05, 0.1) is 5.84 Å². The van der Waals surface area contributed by atoms with Gasteiger partial charge >= 0.3 is 0 Å². The fourth-order valence-electron chi connectivity index (χ4n) is 0.352. The van der Waals surface area contributed by atoms with Crippen molar-refractivity contribution in [3.63, 3.8) is 0 Å². The van der Waals surface area contributed by atoms with Gasteiger partial charge in [0.2, 0.25) is 0 Å². The Hall–Kier alpha value is -0.220. The average molecular weight is 161 g/mol. The standard InChI is InChI=1S/C6H15N3S/c1-5(9(2)3)8-6(7)10-4/h6H,7H2,1-4H3. The van der Waals surface area contributed by atoms with Crippen molar-refractivity contribution in [1.29, 1.82) is 0 Å². The summed E-state index contributed by atoms with van der Waals surface area (Å²) in [5.41, 5.74) is 5.44. The largest absolute Gasteiger partial charge is 0.367 e. The summed E-state index contributed by atoms with van der Waals surface area (Å²) in [5, 5.41) is 0. The molecule has 1 unspecified atom stereocenters. The molecule has 0 bridgehead atoms. The fraction of sp³-hybridized carbons (Fsp3) is 0.833. The lowest BCUT2D eigenvalue weighted by atomic mass is 10.6. The third-order valence-electron chi connectivity index (χ3n) is 1.20. The maximum atomic E-state index is 5.56. The Morgan fingerprint density at radius 1 is 1.60 bits per heavy atom. The van der Waals surface area contributed by atoms with E-state index in [0.717, 1.165) is 5.84 Å². The molecule has 0 aliphatic carbocycles. The number of aliphatic imine (C=N–C) groups is 1. The molecule has 2 N–H and O–H groups in total. The zero-order chi connectivity index (χ0) is 8.15. The molecule has 0 amide bonds. The summed E-state index contributed by atoms with van der Waals surface area (Å²) in [4.78, 5) is 6.12. The van der Waals surface area contributed by atoms with Crippen molar-refractivity contribution in [3.05, 3.63) is 0 Å². The summed E-state index contributed by atoms with van der Waals surface area (Å²) in [6.45, 7) is 1.94. The number of rotatable bonds is 2. The van der Waals surface area contributed by atoms with E-state index in [4.69, 9.17) is 5.73 Å². The lowest BCUT2D eigenvalue weighted by molar-refractivity contribution is 0.612. The highest BCUT2D eigenvalue weighted by molar-refractivity contribution is 7.99. The molecule has 0 radical (unpaired) electrons. The van der Waals surface area contributed by atoms with E-state index in [0.29, 0.717) is 0 Å². The van der Waals surface area contributed by atoms with E-state index in [1.165, 1.54) is 11.8 Å². The number of nitrogens with two attached hydrogens (primary N) is 1. The van der Waals surface area contributed by atoms with Gasteiger partial charge in [0, 0.05) is 14.1 Å². The van der Waals surface area contributed by atoms with E-state index in [2.05, 4.69) is 4.99 Å². The molecule has 1 atom stereocenters. The van der Waals surface area contributed by atoms with Crippen LogP contribution in [0.1, 0.15) is 6.92 Å². The lowest BCUT2D eigenvalue weighted by Crippen LogP contribution is -2.23. The maximum absolute atomic E-state index is 5.56. The number of thioether (sulfide) groups is 1. The first-order chi connectivity index (χ1) is 4.57. The molecule has 0 saturated heterocycles. The van der Waals surface area contributed by atoms with Gasteiger partial charge in [-0.15, -0.1) is 11.8 Å². The number of amidine groups is 1. The van der Waals surface area contributed by atoms with E-state index in [1.807, 2.05) is 32.2 Å². The van der Waals surface area contributed by atoms with Crippen LogP contribution in [0.4, 0.5) is 0 Å². The SMILES string of the molecule is CSC(N)N=C(C)N(C)C. The van der Waals surface area contributed by atoms with Crippen molar-refractivity contribution < 1.29 is 0 Å². The van der Waals surface area contributed by atoms with E-state index in [1.54, 1.807) is 0 Å². The Morgan fingerprint density at radius 3 is 2.40 bits per heavy atom. The molecule has 0 aromatic rings. The highest BCUT2D eigenvalue weighted by atomic mass is 32.2. The van der Waals surface area contributed by atoms with E-state index in [9.17, 15) is 0 Å². The first-order valence-corrected chi connectivity index (χ1v) is 4.37. The number of hydrogen-bond donors (Lipinski definition) is 1. The van der Waals surface area contributed by atoms with E-state index < -0.39 is 0 Å². The zero-order valence-electron chi connectivity index (χ0n) is 6.96. The second-order valence-electron chi connectivity index (χ2n) is 2.20. The molecular formula is C6H15N3S. The topological polar surface area (TPSA) is 41.6 Å². The maximum Gasteiger partial charge on any atom is 0.146 e. The minimum absolute atomic E-state index is 0.123. The van der Waals surface area contributed by atoms with Crippen molar-refractivity contribution in [2.75, 3.05) is 20.4 Å². The van der Waals surface area contributed by atoms with Crippen LogP contribution < -0.4 is 5.73 Å². The monoisotopic (exact) mass is 161 g/mol. The van der Waals surface area contributed by atoms with Gasteiger partial charge in [-0.2, -0.15) is 0 Å². The molecule has 4 heteroatoms. The molecular weight excluding hydrogens is 146 g/mol. The second-order valence-corrected chi connectivity index (χ2v) is 3.15. The van der Waals surface area contributed by atoms with Gasteiger partial charge in [0.1, 0.15) is 5.50 Å². The first-order valence-electron chi connectivity index (χ1n) is 3.08. The molecule has 0 heterocycles. The van der Waals surface area contributed by atoms with Gasteiger partial charge in [-0.05, 0) is 13.2 Å². The highest BCUT2D eigenvalue weighted by Crippen LogP contribution is 2.00. The van der Waals surface area contributed by atoms with Gasteiger partial charge in [0.15, 0.2) is 0 Å². The van der Waals surface area contributed by atoms with E-state index in [-0.39, 0.29) is 5.50 Å². The predicted molar refractivity (Wildman–Crippen MR) is 48.3 cm³/mol. The van der Waals surface area contributed by atoms with Crippen molar-refractivity contribution in [2.45, 2.75) is 12.4 Å². The van der Waals surface area contributed by atoms with Crippen molar-refractivity contribution in [3.8, 4) is 0 Å². The van der Waals surface area contributed by atoms with Crippen LogP contribution in [0.2, 0.25) is 0 Å². The van der Waals surface area contributed by atoms with Crippen molar-refractivity contribution >= 4 is 17.6 Å². The quantitative estimate of drug-likeness (QED) is 0.366. The third-order valence-corrected chi connectivity index (χ3v) is 1.79. The van der Waals surface area contributed by atoms with Crippen LogP contribution in [0.5, 0.6) is 0 Å². The predicted octanol–water partition coefficient (Wildman–Crippen LogP) is 0.572. The van der Waals surface area contributed by atoms with Crippen LogP contribution in [-0.4, -0.2) is 36.6 Å². The summed E-state index contributed by atoms with van der Waals surface area (Å²) in [7, 11) is 3.90. The average Bonchev–Trinajstić information content (AvgIpc) is 1.87. The van der Waals surface area contributed by atoms with Gasteiger partial charge in [-0.3, -0.25) is 0 Å². The Balaban J connectivity index is 3.89. The van der Waals surface area contributed by atoms with Crippen molar-refractivity contribution in [2.24, 2.45) is 10.7 Å². The Bertz CT molecular complexity index is 122. The van der Waals surface area contributed by atoms with Gasteiger partial charge in [0.25, 0.3) is 0 Å². The van der Waals surface area contributed by atoms with Crippen LogP contribution in [0.25, 0.3) is 0 Å². The van der Waals surface area contributed by atoms with Crippen LogP contribution in [0.15, 0.2) is 4.99 Å². The zero-order valence-corrected chi connectivity index (χ0v) is 7.77. The molecule has 0 saturated carbocycles. The highest BCUT2D eigenvalue weighted by Gasteiger charge is 1.97. The molecule has 0 aliphatic rings. The minimum atomic E-state index is -0.123. The van der Waals surface area contributed by atoms with E-state index >= 15 is 0 Å². The van der Waals surface area contributed by atoms with Gasteiger partial charge in [-0.1, -0.05) is 0 Å². The molecule has 0 rings (SSSR count). The van der Waals surface area contributed by atoms with Gasteiger partial charge in [-0.25, -0.2) is 4.99 Å². The second kappa shape index (κ2) is 4.57. The Morgan fingerprint density at radius 2 is 2.10 bits per heavy atom.